The van der Waals surface area contributed by atoms with E-state index < -0.39 is 11.5 Å². The first-order chi connectivity index (χ1) is 11.5. The summed E-state index contributed by atoms with van der Waals surface area (Å²) in [6.45, 7) is 4.37. The number of pyridine rings is 1. The number of amides is 1. The van der Waals surface area contributed by atoms with Crippen LogP contribution in [0.25, 0.3) is 5.65 Å². The molecule has 7 nitrogen and oxygen atoms in total. The average molecular weight is 326 g/mol. The largest absolute Gasteiger partial charge is 0.361 e. The molecule has 0 bridgehead atoms. The Bertz CT molecular complexity index is 927. The van der Waals surface area contributed by atoms with Gasteiger partial charge in [-0.05, 0) is 18.1 Å². The molecule has 7 heteroatoms. The van der Waals surface area contributed by atoms with Crippen molar-refractivity contribution >= 4 is 11.6 Å². The Morgan fingerprint density at radius 2 is 2.21 bits per heavy atom. The molecule has 1 N–H and O–H groups in total. The van der Waals surface area contributed by atoms with E-state index in [2.05, 4.69) is 29.3 Å². The number of carbonyl (C=O) groups is 1. The molecule has 3 rings (SSSR count). The summed E-state index contributed by atoms with van der Waals surface area (Å²) in [7, 11) is 0. The molecule has 0 saturated carbocycles. The molecular formula is C17H18N4O3. The summed E-state index contributed by atoms with van der Waals surface area (Å²) in [5.74, 6) is 0.755. The molecule has 0 aliphatic carbocycles. The molecule has 0 spiro atoms. The second kappa shape index (κ2) is 6.66. The van der Waals surface area contributed by atoms with E-state index in [1.165, 1.54) is 10.6 Å². The van der Waals surface area contributed by atoms with Gasteiger partial charge in [-0.2, -0.15) is 0 Å². The average Bonchev–Trinajstić information content (AvgIpc) is 3.00. The van der Waals surface area contributed by atoms with Crippen LogP contribution in [0.1, 0.15) is 35.7 Å². The van der Waals surface area contributed by atoms with Crippen LogP contribution < -0.4 is 10.9 Å². The molecular weight excluding hydrogens is 308 g/mol. The number of nitrogens with one attached hydrogen (secondary N) is 1. The summed E-state index contributed by atoms with van der Waals surface area (Å²) in [6.07, 6.45) is 3.66. The van der Waals surface area contributed by atoms with Gasteiger partial charge in [-0.1, -0.05) is 25.1 Å². The van der Waals surface area contributed by atoms with Crippen molar-refractivity contribution in [3.8, 4) is 0 Å². The topological polar surface area (TPSA) is 89.5 Å². The van der Waals surface area contributed by atoms with Gasteiger partial charge >= 0.3 is 0 Å². The summed E-state index contributed by atoms with van der Waals surface area (Å²) in [6, 6.07) is 7.00. The second-order valence-electron chi connectivity index (χ2n) is 5.97. The Hall–Kier alpha value is -2.96. The molecule has 0 unspecified atom stereocenters. The highest BCUT2D eigenvalue weighted by atomic mass is 16.5. The maximum absolute atomic E-state index is 12.3. The summed E-state index contributed by atoms with van der Waals surface area (Å²) in [4.78, 5) is 28.7. The molecule has 3 heterocycles. The molecule has 0 atom stereocenters. The Morgan fingerprint density at radius 3 is 3.00 bits per heavy atom. The molecule has 24 heavy (non-hydrogen) atoms. The summed E-state index contributed by atoms with van der Waals surface area (Å²) >= 11 is 0. The van der Waals surface area contributed by atoms with Crippen molar-refractivity contribution in [2.45, 2.75) is 26.8 Å². The van der Waals surface area contributed by atoms with Crippen LogP contribution in [0.15, 0.2) is 46.0 Å². The quantitative estimate of drug-likeness (QED) is 0.772. The molecule has 0 fully saturated rings. The van der Waals surface area contributed by atoms with E-state index in [0.717, 1.165) is 12.2 Å². The van der Waals surface area contributed by atoms with Crippen LogP contribution in [0.4, 0.5) is 0 Å². The van der Waals surface area contributed by atoms with Crippen molar-refractivity contribution < 1.29 is 9.32 Å². The lowest BCUT2D eigenvalue weighted by Crippen LogP contribution is -2.31. The fourth-order valence-corrected chi connectivity index (χ4v) is 2.39. The van der Waals surface area contributed by atoms with Gasteiger partial charge in [0.05, 0.1) is 6.54 Å². The number of hydrogen-bond acceptors (Lipinski definition) is 5. The van der Waals surface area contributed by atoms with Gasteiger partial charge in [0.2, 0.25) is 0 Å². The smallest absolute Gasteiger partial charge is 0.270 e. The highest BCUT2D eigenvalue weighted by molar-refractivity contribution is 5.93. The zero-order valence-corrected chi connectivity index (χ0v) is 13.5. The number of aromatic nitrogens is 3. The number of rotatable bonds is 5. The van der Waals surface area contributed by atoms with Crippen molar-refractivity contribution in [1.29, 1.82) is 0 Å². The van der Waals surface area contributed by atoms with Crippen LogP contribution in [-0.2, 0) is 13.0 Å². The summed E-state index contributed by atoms with van der Waals surface area (Å²) < 4.78 is 6.55. The lowest BCUT2D eigenvalue weighted by molar-refractivity contribution is 0.0948. The Morgan fingerprint density at radius 1 is 1.38 bits per heavy atom. The lowest BCUT2D eigenvalue weighted by atomic mass is 10.1. The predicted octanol–water partition coefficient (Wildman–Crippen LogP) is 1.81. The standard InChI is InChI=1S/C17H18N4O3/c1-11(2)7-13-8-12(20-24-13)9-19-16(22)14-10-18-15-5-3-4-6-21(15)17(14)23/h3-6,8,10-11H,7,9H2,1-2H3,(H,19,22). The zero-order valence-electron chi connectivity index (χ0n) is 13.5. The van der Waals surface area contributed by atoms with Gasteiger partial charge in [0.1, 0.15) is 22.7 Å². The highest BCUT2D eigenvalue weighted by Crippen LogP contribution is 2.09. The molecule has 0 aliphatic heterocycles. The Labute approximate surface area is 138 Å². The van der Waals surface area contributed by atoms with Crippen LogP contribution in [0.2, 0.25) is 0 Å². The van der Waals surface area contributed by atoms with E-state index in [1.54, 1.807) is 24.4 Å². The van der Waals surface area contributed by atoms with Crippen molar-refractivity contribution in [2.24, 2.45) is 5.92 Å². The highest BCUT2D eigenvalue weighted by Gasteiger charge is 2.14. The maximum Gasteiger partial charge on any atom is 0.270 e. The van der Waals surface area contributed by atoms with E-state index >= 15 is 0 Å². The van der Waals surface area contributed by atoms with E-state index in [9.17, 15) is 9.59 Å². The maximum atomic E-state index is 12.3. The number of carbonyl (C=O) groups excluding carboxylic acids is 1. The first-order valence-corrected chi connectivity index (χ1v) is 7.73. The molecule has 0 radical (unpaired) electrons. The van der Waals surface area contributed by atoms with Gasteiger partial charge in [0.25, 0.3) is 11.5 Å². The van der Waals surface area contributed by atoms with Gasteiger partial charge in [-0.15, -0.1) is 0 Å². The van der Waals surface area contributed by atoms with Crippen LogP contribution in [0.5, 0.6) is 0 Å². The van der Waals surface area contributed by atoms with Crippen LogP contribution in [0, 0.1) is 5.92 Å². The third-order valence-corrected chi connectivity index (χ3v) is 3.51. The van der Waals surface area contributed by atoms with E-state index in [0.29, 0.717) is 17.3 Å². The van der Waals surface area contributed by atoms with Crippen molar-refractivity contribution in [2.75, 3.05) is 0 Å². The Balaban J connectivity index is 1.72. The van der Waals surface area contributed by atoms with Crippen LogP contribution in [0.3, 0.4) is 0 Å². The molecule has 124 valence electrons. The minimum Gasteiger partial charge on any atom is -0.361 e. The molecule has 0 aromatic carbocycles. The third kappa shape index (κ3) is 3.34. The lowest BCUT2D eigenvalue weighted by Gasteiger charge is -2.04. The second-order valence-corrected chi connectivity index (χ2v) is 5.97. The van der Waals surface area contributed by atoms with Crippen molar-refractivity contribution in [3.05, 3.63) is 64.0 Å². The minimum absolute atomic E-state index is 0.00963. The predicted molar refractivity (Wildman–Crippen MR) is 87.7 cm³/mol. The fourth-order valence-electron chi connectivity index (χ4n) is 2.39. The summed E-state index contributed by atoms with van der Waals surface area (Å²) in [5.41, 5.74) is 0.699. The van der Waals surface area contributed by atoms with Crippen molar-refractivity contribution in [3.63, 3.8) is 0 Å². The molecule has 0 saturated heterocycles. The van der Waals surface area contributed by atoms with Gasteiger partial charge < -0.3 is 9.84 Å². The molecule has 0 aliphatic rings. The SMILES string of the molecule is CC(C)Cc1cc(CNC(=O)c2cnc3ccccn3c2=O)no1. The molecule has 1 amide bonds. The van der Waals surface area contributed by atoms with E-state index in [4.69, 9.17) is 4.52 Å². The van der Waals surface area contributed by atoms with E-state index in [1.807, 2.05) is 6.07 Å². The first-order valence-electron chi connectivity index (χ1n) is 7.73. The Kier molecular flexibility index (Phi) is 4.41. The summed E-state index contributed by atoms with van der Waals surface area (Å²) in [5, 5.41) is 6.59. The first kappa shape index (κ1) is 15.9. The normalized spacial score (nSPS) is 11.1. The van der Waals surface area contributed by atoms with Crippen molar-refractivity contribution in [1.82, 2.24) is 19.9 Å². The third-order valence-electron chi connectivity index (χ3n) is 3.51. The van der Waals surface area contributed by atoms with Gasteiger partial charge in [-0.3, -0.25) is 14.0 Å². The minimum atomic E-state index is -0.487. The van der Waals surface area contributed by atoms with Gasteiger partial charge in [-0.25, -0.2) is 4.98 Å². The van der Waals surface area contributed by atoms with E-state index in [-0.39, 0.29) is 12.1 Å². The van der Waals surface area contributed by atoms with Crippen LogP contribution in [-0.4, -0.2) is 20.4 Å². The molecule has 3 aromatic heterocycles. The molecule has 3 aromatic rings. The fraction of sp³-hybridized carbons (Fsp3) is 0.294. The number of nitrogens with zero attached hydrogens (tertiary/aromatic N) is 3. The van der Waals surface area contributed by atoms with Gasteiger partial charge in [0, 0.05) is 24.9 Å². The number of hydrogen-bond donors (Lipinski definition) is 1. The number of fused-ring (bicyclic) bond motifs is 1. The van der Waals surface area contributed by atoms with Crippen LogP contribution >= 0.6 is 0 Å². The zero-order chi connectivity index (χ0) is 17.1. The van der Waals surface area contributed by atoms with Gasteiger partial charge in [0.15, 0.2) is 0 Å². The monoisotopic (exact) mass is 326 g/mol.